The van der Waals surface area contributed by atoms with Gasteiger partial charge >= 0.3 is 0 Å². The Bertz CT molecular complexity index is 1050. The maximum Gasteiger partial charge on any atom is 0.264 e. The van der Waals surface area contributed by atoms with E-state index in [1.54, 1.807) is 25.1 Å². The zero-order chi connectivity index (χ0) is 21.6. The summed E-state index contributed by atoms with van der Waals surface area (Å²) in [5.41, 5.74) is 4.30. The Hall–Kier alpha value is -2.99. The Labute approximate surface area is 187 Å². The predicted molar refractivity (Wildman–Crippen MR) is 124 cm³/mol. The normalized spacial score (nSPS) is 12.9. The highest BCUT2D eigenvalue weighted by molar-refractivity contribution is 7.98. The number of pyridine rings is 1. The number of aryl methyl sites for hydroxylation is 2. The van der Waals surface area contributed by atoms with Crippen molar-refractivity contribution in [2.75, 3.05) is 25.2 Å². The van der Waals surface area contributed by atoms with E-state index in [1.807, 2.05) is 29.2 Å². The molecule has 6 heteroatoms. The molecule has 0 atom stereocenters. The number of ether oxygens (including phenoxy) is 2. The molecule has 4 rings (SSSR count). The first-order chi connectivity index (χ1) is 15.1. The molecule has 0 bridgehead atoms. The van der Waals surface area contributed by atoms with Crippen LogP contribution in [0.4, 0.5) is 5.69 Å². The van der Waals surface area contributed by atoms with Gasteiger partial charge in [0.05, 0.1) is 19.0 Å². The number of amides is 1. The van der Waals surface area contributed by atoms with Crippen LogP contribution < -0.4 is 14.4 Å². The molecule has 0 unspecified atom stereocenters. The highest BCUT2D eigenvalue weighted by atomic mass is 32.2. The fraction of sp³-hybridized carbons (Fsp3) is 0.280. The van der Waals surface area contributed by atoms with Crippen molar-refractivity contribution in [2.45, 2.75) is 30.4 Å². The third kappa shape index (κ3) is 5.20. The first-order valence-electron chi connectivity index (χ1n) is 10.4. The highest BCUT2D eigenvalue weighted by Gasteiger charge is 2.23. The number of anilines is 1. The van der Waals surface area contributed by atoms with E-state index < -0.39 is 0 Å². The lowest BCUT2D eigenvalue weighted by Gasteiger charge is -2.29. The van der Waals surface area contributed by atoms with Crippen molar-refractivity contribution in [1.82, 2.24) is 4.98 Å². The van der Waals surface area contributed by atoms with Crippen LogP contribution in [-0.4, -0.2) is 31.2 Å². The number of carbonyl (C=O) groups excluding carboxylic acids is 1. The lowest BCUT2D eigenvalue weighted by atomic mass is 10.0. The quantitative estimate of drug-likeness (QED) is 0.487. The van der Waals surface area contributed by atoms with Crippen LogP contribution in [0.5, 0.6) is 11.5 Å². The fourth-order valence-corrected chi connectivity index (χ4v) is 4.41. The van der Waals surface area contributed by atoms with E-state index in [0.29, 0.717) is 23.8 Å². The second kappa shape index (κ2) is 9.88. The van der Waals surface area contributed by atoms with Gasteiger partial charge in [-0.15, -0.1) is 11.8 Å². The first-order valence-corrected chi connectivity index (χ1v) is 11.4. The Morgan fingerprint density at radius 3 is 2.74 bits per heavy atom. The van der Waals surface area contributed by atoms with Gasteiger partial charge in [0.2, 0.25) is 0 Å². The summed E-state index contributed by atoms with van der Waals surface area (Å²) in [6.07, 6.45) is 3.61. The zero-order valence-corrected chi connectivity index (χ0v) is 18.7. The van der Waals surface area contributed by atoms with Crippen LogP contribution in [0, 0.1) is 6.92 Å². The number of carbonyl (C=O) groups is 1. The number of fused-ring (bicyclic) bond motifs is 1. The van der Waals surface area contributed by atoms with Crippen LogP contribution in [-0.2, 0) is 17.0 Å². The molecule has 1 amide bonds. The molecule has 1 aliphatic rings. The number of methoxy groups -OCH3 is 1. The molecule has 0 saturated carbocycles. The van der Waals surface area contributed by atoms with Crippen LogP contribution >= 0.6 is 11.8 Å². The second-order valence-corrected chi connectivity index (χ2v) is 8.54. The molecule has 1 aromatic heterocycles. The number of rotatable bonds is 7. The van der Waals surface area contributed by atoms with E-state index in [-0.39, 0.29) is 12.5 Å². The van der Waals surface area contributed by atoms with Crippen molar-refractivity contribution < 1.29 is 14.3 Å². The smallest absolute Gasteiger partial charge is 0.264 e. The third-order valence-corrected chi connectivity index (χ3v) is 6.32. The first kappa shape index (κ1) is 21.2. The molecular formula is C25H26N2O3S. The molecule has 31 heavy (non-hydrogen) atoms. The van der Waals surface area contributed by atoms with E-state index in [2.05, 4.69) is 42.2 Å². The standard InChI is InChI=1S/C25H26N2O3S/c1-18-9-11-21(12-10-18)31-17-20-14-23(24(29-2)15-26-20)30-16-25(28)27-13-5-7-19-6-3-4-8-22(19)27/h3-4,6,8-12,14-15H,5,7,13,16-17H2,1-2H3. The molecule has 0 spiro atoms. The number of para-hydroxylation sites is 1. The van der Waals surface area contributed by atoms with Crippen LogP contribution in [0.25, 0.3) is 0 Å². The van der Waals surface area contributed by atoms with E-state index in [4.69, 9.17) is 9.47 Å². The van der Waals surface area contributed by atoms with Crippen LogP contribution in [0.15, 0.2) is 65.7 Å². The molecule has 0 fully saturated rings. The lowest BCUT2D eigenvalue weighted by molar-refractivity contribution is -0.120. The lowest BCUT2D eigenvalue weighted by Crippen LogP contribution is -2.38. The second-order valence-electron chi connectivity index (χ2n) is 7.49. The van der Waals surface area contributed by atoms with Gasteiger partial charge in [-0.3, -0.25) is 9.78 Å². The van der Waals surface area contributed by atoms with Crippen LogP contribution in [0.3, 0.4) is 0 Å². The van der Waals surface area contributed by atoms with Crippen molar-refractivity contribution in [3.05, 3.63) is 77.6 Å². The number of nitrogens with zero attached hydrogens (tertiary/aromatic N) is 2. The largest absolute Gasteiger partial charge is 0.491 e. The Morgan fingerprint density at radius 2 is 1.94 bits per heavy atom. The topological polar surface area (TPSA) is 51.7 Å². The number of thioether (sulfide) groups is 1. The van der Waals surface area contributed by atoms with E-state index in [1.165, 1.54) is 16.0 Å². The maximum absolute atomic E-state index is 12.9. The monoisotopic (exact) mass is 434 g/mol. The molecule has 2 aromatic carbocycles. The van der Waals surface area contributed by atoms with Crippen LogP contribution in [0.1, 0.15) is 23.2 Å². The van der Waals surface area contributed by atoms with Crippen molar-refractivity contribution in [2.24, 2.45) is 0 Å². The van der Waals surface area contributed by atoms with Gasteiger partial charge in [-0.05, 0) is 43.5 Å². The van der Waals surface area contributed by atoms with Crippen molar-refractivity contribution in [3.63, 3.8) is 0 Å². The van der Waals surface area contributed by atoms with Crippen molar-refractivity contribution in [3.8, 4) is 11.5 Å². The molecule has 0 N–H and O–H groups in total. The molecule has 3 aromatic rings. The minimum absolute atomic E-state index is 0.0424. The van der Waals surface area contributed by atoms with Gasteiger partial charge in [0.25, 0.3) is 5.91 Å². The summed E-state index contributed by atoms with van der Waals surface area (Å²) in [6, 6.07) is 18.3. The molecular weight excluding hydrogens is 408 g/mol. The average molecular weight is 435 g/mol. The average Bonchev–Trinajstić information content (AvgIpc) is 2.82. The van der Waals surface area contributed by atoms with Gasteiger partial charge in [-0.25, -0.2) is 0 Å². The molecule has 0 radical (unpaired) electrons. The van der Waals surface area contributed by atoms with E-state index >= 15 is 0 Å². The Balaban J connectivity index is 1.42. The molecule has 1 aliphatic heterocycles. The number of hydrogen-bond donors (Lipinski definition) is 0. The van der Waals surface area contributed by atoms with Gasteiger partial charge in [-0.1, -0.05) is 35.9 Å². The molecule has 0 saturated heterocycles. The molecule has 2 heterocycles. The number of hydrogen-bond acceptors (Lipinski definition) is 5. The van der Waals surface area contributed by atoms with E-state index in [9.17, 15) is 4.79 Å². The summed E-state index contributed by atoms with van der Waals surface area (Å²) in [4.78, 5) is 20.4. The maximum atomic E-state index is 12.9. The summed E-state index contributed by atoms with van der Waals surface area (Å²) in [5.74, 6) is 1.71. The third-order valence-electron chi connectivity index (χ3n) is 5.28. The van der Waals surface area contributed by atoms with Crippen molar-refractivity contribution in [1.29, 1.82) is 0 Å². The number of benzene rings is 2. The number of aromatic nitrogens is 1. The minimum atomic E-state index is -0.0541. The van der Waals surface area contributed by atoms with Gasteiger partial charge in [0.15, 0.2) is 18.1 Å². The zero-order valence-electron chi connectivity index (χ0n) is 17.8. The predicted octanol–water partition coefficient (Wildman–Crippen LogP) is 5.05. The summed E-state index contributed by atoms with van der Waals surface area (Å²) in [6.45, 7) is 2.75. The van der Waals surface area contributed by atoms with Gasteiger partial charge in [0.1, 0.15) is 0 Å². The van der Waals surface area contributed by atoms with Gasteiger partial charge in [-0.2, -0.15) is 0 Å². The minimum Gasteiger partial charge on any atom is -0.491 e. The molecule has 5 nitrogen and oxygen atoms in total. The summed E-state index contributed by atoms with van der Waals surface area (Å²) < 4.78 is 11.3. The van der Waals surface area contributed by atoms with E-state index in [0.717, 1.165) is 24.2 Å². The summed E-state index contributed by atoms with van der Waals surface area (Å²) >= 11 is 1.71. The molecule has 0 aliphatic carbocycles. The summed E-state index contributed by atoms with van der Waals surface area (Å²) in [7, 11) is 1.58. The Morgan fingerprint density at radius 1 is 1.13 bits per heavy atom. The SMILES string of the molecule is COc1cnc(CSc2ccc(C)cc2)cc1OCC(=O)N1CCCc2ccccc21. The molecule has 160 valence electrons. The fourth-order valence-electron chi connectivity index (χ4n) is 3.61. The van der Waals surface area contributed by atoms with Crippen molar-refractivity contribution >= 4 is 23.4 Å². The Kier molecular flexibility index (Phi) is 6.77. The summed E-state index contributed by atoms with van der Waals surface area (Å²) in [5, 5.41) is 0. The van der Waals surface area contributed by atoms with Crippen LogP contribution in [0.2, 0.25) is 0 Å². The highest BCUT2D eigenvalue weighted by Crippen LogP contribution is 2.31. The van der Waals surface area contributed by atoms with Gasteiger partial charge < -0.3 is 14.4 Å². The van der Waals surface area contributed by atoms with Gasteiger partial charge in [0, 0.05) is 28.9 Å².